The van der Waals surface area contributed by atoms with Gasteiger partial charge in [0.25, 0.3) is 0 Å². The molecule has 1 aromatic rings. The van der Waals surface area contributed by atoms with E-state index in [2.05, 4.69) is 16.3 Å². The predicted octanol–water partition coefficient (Wildman–Crippen LogP) is 3.37. The first-order valence-corrected chi connectivity index (χ1v) is 12.6. The number of benzene rings is 1. The summed E-state index contributed by atoms with van der Waals surface area (Å²) in [6, 6.07) is 5.36. The van der Waals surface area contributed by atoms with Crippen molar-refractivity contribution in [3.8, 4) is 0 Å². The Morgan fingerprint density at radius 3 is 2.41 bits per heavy atom. The summed E-state index contributed by atoms with van der Waals surface area (Å²) < 4.78 is 15.1. The summed E-state index contributed by atoms with van der Waals surface area (Å²) >= 11 is 0. The minimum absolute atomic E-state index is 0.217. The van der Waals surface area contributed by atoms with Crippen LogP contribution in [0.15, 0.2) is 18.2 Å². The molecule has 2 aliphatic heterocycles. The number of alkyl halides is 1. The van der Waals surface area contributed by atoms with Gasteiger partial charge in [0, 0.05) is 27.1 Å². The Balaban J connectivity index is 1.46. The van der Waals surface area contributed by atoms with Crippen molar-refractivity contribution < 1.29 is 18.8 Å². The van der Waals surface area contributed by atoms with Crippen molar-refractivity contribution >= 4 is 29.6 Å². The second kappa shape index (κ2) is 10.4. The number of halogens is 1. The van der Waals surface area contributed by atoms with Gasteiger partial charge >= 0.3 is 0 Å². The Labute approximate surface area is 201 Å². The van der Waals surface area contributed by atoms with E-state index in [1.807, 2.05) is 31.1 Å². The van der Waals surface area contributed by atoms with Crippen LogP contribution in [0.5, 0.6) is 0 Å². The van der Waals surface area contributed by atoms with Crippen LogP contribution in [0, 0.1) is 0 Å². The summed E-state index contributed by atoms with van der Waals surface area (Å²) in [6.45, 7) is 2.35. The maximum atomic E-state index is 15.1. The minimum atomic E-state index is -1.01. The van der Waals surface area contributed by atoms with Gasteiger partial charge in [-0.2, -0.15) is 0 Å². The van der Waals surface area contributed by atoms with Gasteiger partial charge < -0.3 is 14.7 Å². The van der Waals surface area contributed by atoms with E-state index < -0.39 is 17.6 Å². The summed E-state index contributed by atoms with van der Waals surface area (Å²) in [5, 5.41) is 2.34. The molecule has 1 aliphatic carbocycles. The fourth-order valence-corrected chi connectivity index (χ4v) is 5.79. The number of nitrogens with zero attached hydrogens (tertiary/aromatic N) is 3. The molecular formula is C26H37FN4O3. The molecule has 1 aromatic carbocycles. The highest BCUT2D eigenvalue weighted by atomic mass is 19.1. The second-order valence-electron chi connectivity index (χ2n) is 10.4. The molecular weight excluding hydrogens is 435 g/mol. The molecule has 4 rings (SSSR count). The molecule has 7 nitrogen and oxygen atoms in total. The summed E-state index contributed by atoms with van der Waals surface area (Å²) in [5.74, 6) is -0.358. The Bertz CT molecular complexity index is 907. The van der Waals surface area contributed by atoms with Gasteiger partial charge in [-0.3, -0.25) is 19.7 Å². The van der Waals surface area contributed by atoms with Crippen LogP contribution in [0.3, 0.4) is 0 Å². The third-order valence-corrected chi connectivity index (χ3v) is 7.73. The first kappa shape index (κ1) is 24.6. The SMILES string of the molecule is CN(C)c1cc(C2CCN(CC3(F)CCCCC3)CC2)ccc1N(C=O)C1CCC(=O)NC1=O. The van der Waals surface area contributed by atoms with E-state index in [-0.39, 0.29) is 12.3 Å². The number of likely N-dealkylation sites (tertiary alicyclic amines) is 1. The molecule has 1 atom stereocenters. The van der Waals surface area contributed by atoms with Gasteiger partial charge in [0.1, 0.15) is 11.7 Å². The topological polar surface area (TPSA) is 73.0 Å². The van der Waals surface area contributed by atoms with E-state index in [1.54, 1.807) is 0 Å². The number of hydrogen-bond acceptors (Lipinski definition) is 5. The van der Waals surface area contributed by atoms with Crippen molar-refractivity contribution in [2.75, 3.05) is 43.5 Å². The molecule has 1 saturated carbocycles. The molecule has 186 valence electrons. The fourth-order valence-electron chi connectivity index (χ4n) is 5.79. The number of hydrogen-bond donors (Lipinski definition) is 1. The molecule has 34 heavy (non-hydrogen) atoms. The lowest BCUT2D eigenvalue weighted by atomic mass is 9.84. The number of anilines is 2. The van der Waals surface area contributed by atoms with E-state index in [1.165, 1.54) is 10.5 Å². The molecule has 3 aliphatic rings. The Morgan fingerprint density at radius 2 is 1.79 bits per heavy atom. The number of nitrogens with one attached hydrogen (secondary N) is 1. The fraction of sp³-hybridized carbons (Fsp3) is 0.654. The molecule has 0 spiro atoms. The zero-order chi connectivity index (χ0) is 24.3. The maximum Gasteiger partial charge on any atom is 0.249 e. The first-order chi connectivity index (χ1) is 16.3. The summed E-state index contributed by atoms with van der Waals surface area (Å²) in [5.41, 5.74) is 1.71. The molecule has 0 radical (unpaired) electrons. The standard InChI is InChI=1S/C26H37FN4O3/c1-29(2)23-16-20(6-7-21(23)31(18-32)22-8-9-24(33)28-25(22)34)19-10-14-30(15-11-19)17-26(27)12-4-3-5-13-26/h6-7,16,18-19,22H,3-5,8-15,17H2,1-2H3,(H,28,33,34). The molecule has 1 unspecified atom stereocenters. The Kier molecular flexibility index (Phi) is 7.55. The van der Waals surface area contributed by atoms with Crippen molar-refractivity contribution in [3.05, 3.63) is 23.8 Å². The van der Waals surface area contributed by atoms with E-state index in [9.17, 15) is 14.4 Å². The van der Waals surface area contributed by atoms with Crippen LogP contribution in [-0.4, -0.2) is 68.6 Å². The average Bonchev–Trinajstić information content (AvgIpc) is 2.81. The maximum absolute atomic E-state index is 15.1. The van der Waals surface area contributed by atoms with Crippen molar-refractivity contribution in [2.45, 2.75) is 75.4 Å². The summed E-state index contributed by atoms with van der Waals surface area (Å²) in [7, 11) is 3.84. The van der Waals surface area contributed by atoms with Crippen LogP contribution in [0.25, 0.3) is 0 Å². The van der Waals surface area contributed by atoms with Crippen LogP contribution >= 0.6 is 0 Å². The zero-order valence-electron chi connectivity index (χ0n) is 20.4. The molecule has 0 aromatic heterocycles. The largest absolute Gasteiger partial charge is 0.376 e. The number of rotatable bonds is 7. The number of amides is 3. The van der Waals surface area contributed by atoms with Crippen LogP contribution in [0.1, 0.15) is 69.3 Å². The monoisotopic (exact) mass is 472 g/mol. The minimum Gasteiger partial charge on any atom is -0.376 e. The van der Waals surface area contributed by atoms with Gasteiger partial charge in [0.05, 0.1) is 11.4 Å². The molecule has 8 heteroatoms. The molecule has 2 heterocycles. The molecule has 3 amide bonds. The van der Waals surface area contributed by atoms with Crippen LogP contribution < -0.4 is 15.1 Å². The molecule has 2 saturated heterocycles. The van der Waals surface area contributed by atoms with Crippen molar-refractivity contribution in [2.24, 2.45) is 0 Å². The first-order valence-electron chi connectivity index (χ1n) is 12.6. The van der Waals surface area contributed by atoms with E-state index in [4.69, 9.17) is 0 Å². The van der Waals surface area contributed by atoms with E-state index in [0.29, 0.717) is 43.8 Å². The lowest BCUT2D eigenvalue weighted by Gasteiger charge is -2.39. The zero-order valence-corrected chi connectivity index (χ0v) is 20.4. The highest BCUT2D eigenvalue weighted by molar-refractivity contribution is 6.04. The van der Waals surface area contributed by atoms with Crippen LogP contribution in [0.4, 0.5) is 15.8 Å². The third-order valence-electron chi connectivity index (χ3n) is 7.73. The van der Waals surface area contributed by atoms with Gasteiger partial charge in [0.2, 0.25) is 18.2 Å². The van der Waals surface area contributed by atoms with Crippen LogP contribution in [0.2, 0.25) is 0 Å². The average molecular weight is 473 g/mol. The molecule has 1 N–H and O–H groups in total. The lowest BCUT2D eigenvalue weighted by Crippen LogP contribution is -2.52. The number of carbonyl (C=O) groups is 3. The Morgan fingerprint density at radius 1 is 1.09 bits per heavy atom. The highest BCUT2D eigenvalue weighted by Crippen LogP contribution is 2.38. The van der Waals surface area contributed by atoms with Crippen molar-refractivity contribution in [1.29, 1.82) is 0 Å². The summed E-state index contributed by atoms with van der Waals surface area (Å²) in [4.78, 5) is 41.6. The van der Waals surface area contributed by atoms with Crippen molar-refractivity contribution in [1.82, 2.24) is 10.2 Å². The summed E-state index contributed by atoms with van der Waals surface area (Å²) in [6.07, 6.45) is 7.72. The van der Waals surface area contributed by atoms with E-state index >= 15 is 4.39 Å². The molecule has 0 bridgehead atoms. The number of imide groups is 1. The normalized spacial score (nSPS) is 23.9. The Hall–Kier alpha value is -2.48. The van der Waals surface area contributed by atoms with Gasteiger partial charge in [-0.25, -0.2) is 4.39 Å². The van der Waals surface area contributed by atoms with Crippen molar-refractivity contribution in [3.63, 3.8) is 0 Å². The highest BCUT2D eigenvalue weighted by Gasteiger charge is 2.36. The second-order valence-corrected chi connectivity index (χ2v) is 10.4. The van der Waals surface area contributed by atoms with E-state index in [0.717, 1.165) is 50.9 Å². The quantitative estimate of drug-likeness (QED) is 0.487. The predicted molar refractivity (Wildman–Crippen MR) is 131 cm³/mol. The molecule has 3 fully saturated rings. The van der Waals surface area contributed by atoms with Crippen LogP contribution in [-0.2, 0) is 14.4 Å². The van der Waals surface area contributed by atoms with Gasteiger partial charge in [-0.15, -0.1) is 0 Å². The van der Waals surface area contributed by atoms with Gasteiger partial charge in [0.15, 0.2) is 0 Å². The lowest BCUT2D eigenvalue weighted by molar-refractivity contribution is -0.134. The van der Waals surface area contributed by atoms with Gasteiger partial charge in [-0.05, 0) is 68.8 Å². The van der Waals surface area contributed by atoms with Gasteiger partial charge in [-0.1, -0.05) is 25.3 Å². The number of piperidine rings is 2. The smallest absolute Gasteiger partial charge is 0.249 e. The third kappa shape index (κ3) is 5.43. The number of carbonyl (C=O) groups excluding carboxylic acids is 3.